The van der Waals surface area contributed by atoms with E-state index in [2.05, 4.69) is 10.6 Å². The Kier molecular flexibility index (Phi) is 4.71. The minimum Gasteiger partial charge on any atom is -0.354 e. The molecule has 1 aliphatic heterocycles. The Bertz CT molecular complexity index is 306. The first-order valence-electron chi connectivity index (χ1n) is 7.04. The van der Waals surface area contributed by atoms with E-state index in [0.717, 1.165) is 19.4 Å². The van der Waals surface area contributed by atoms with Crippen molar-refractivity contribution in [2.75, 3.05) is 13.1 Å². The number of halogens is 3. The van der Waals surface area contributed by atoms with Gasteiger partial charge in [0.2, 0.25) is 5.91 Å². The second-order valence-electron chi connectivity index (χ2n) is 5.65. The maximum absolute atomic E-state index is 12.5. The van der Waals surface area contributed by atoms with Gasteiger partial charge in [-0.2, -0.15) is 13.2 Å². The fraction of sp³-hybridized carbons (Fsp3) is 0.923. The van der Waals surface area contributed by atoms with E-state index in [4.69, 9.17) is 0 Å². The van der Waals surface area contributed by atoms with Gasteiger partial charge in [0.15, 0.2) is 0 Å². The Hall–Kier alpha value is -0.780. The molecule has 1 amide bonds. The molecule has 0 radical (unpaired) electrons. The van der Waals surface area contributed by atoms with Crippen LogP contribution in [0.1, 0.15) is 38.5 Å². The molecule has 0 aromatic heterocycles. The summed E-state index contributed by atoms with van der Waals surface area (Å²) in [4.78, 5) is 11.8. The molecule has 19 heavy (non-hydrogen) atoms. The SMILES string of the molecule is O=C(NCC1CCC(C(F)(F)F)CC1)C1CCCN1. The molecule has 2 aliphatic rings. The normalized spacial score (nSPS) is 32.3. The zero-order valence-electron chi connectivity index (χ0n) is 10.9. The van der Waals surface area contributed by atoms with E-state index in [1.165, 1.54) is 0 Å². The quantitative estimate of drug-likeness (QED) is 0.831. The lowest BCUT2D eigenvalue weighted by Gasteiger charge is -2.30. The fourth-order valence-corrected chi connectivity index (χ4v) is 2.97. The van der Waals surface area contributed by atoms with Crippen LogP contribution in [0.2, 0.25) is 0 Å². The highest BCUT2D eigenvalue weighted by molar-refractivity contribution is 5.81. The van der Waals surface area contributed by atoms with Gasteiger partial charge in [-0.05, 0) is 51.0 Å². The summed E-state index contributed by atoms with van der Waals surface area (Å²) in [6.45, 7) is 1.39. The number of alkyl halides is 3. The maximum atomic E-state index is 12.5. The molecule has 1 saturated carbocycles. The molecule has 0 aromatic carbocycles. The average Bonchev–Trinajstić information content (AvgIpc) is 2.89. The van der Waals surface area contributed by atoms with Crippen molar-refractivity contribution < 1.29 is 18.0 Å². The number of carbonyl (C=O) groups is 1. The number of hydrogen-bond acceptors (Lipinski definition) is 2. The molecule has 0 aromatic rings. The lowest BCUT2D eigenvalue weighted by atomic mass is 9.81. The molecule has 1 saturated heterocycles. The first kappa shape index (κ1) is 14.6. The zero-order valence-corrected chi connectivity index (χ0v) is 10.9. The van der Waals surface area contributed by atoms with Crippen LogP contribution in [0.4, 0.5) is 13.2 Å². The van der Waals surface area contributed by atoms with Gasteiger partial charge in [-0.1, -0.05) is 0 Å². The summed E-state index contributed by atoms with van der Waals surface area (Å²) in [5.74, 6) is -0.949. The number of carbonyl (C=O) groups excluding carboxylic acids is 1. The van der Waals surface area contributed by atoms with Gasteiger partial charge >= 0.3 is 6.18 Å². The van der Waals surface area contributed by atoms with E-state index in [1.807, 2.05) is 0 Å². The van der Waals surface area contributed by atoms with Gasteiger partial charge in [0.05, 0.1) is 12.0 Å². The summed E-state index contributed by atoms with van der Waals surface area (Å²) in [5.41, 5.74) is 0. The van der Waals surface area contributed by atoms with Crippen molar-refractivity contribution in [1.29, 1.82) is 0 Å². The van der Waals surface area contributed by atoms with E-state index in [1.54, 1.807) is 0 Å². The van der Waals surface area contributed by atoms with Gasteiger partial charge < -0.3 is 10.6 Å². The third-order valence-electron chi connectivity index (χ3n) is 4.25. The zero-order chi connectivity index (χ0) is 13.9. The summed E-state index contributed by atoms with van der Waals surface area (Å²) in [6, 6.07) is -0.105. The molecule has 6 heteroatoms. The Labute approximate surface area is 111 Å². The van der Waals surface area contributed by atoms with Crippen LogP contribution in [-0.2, 0) is 4.79 Å². The Balaban J connectivity index is 1.67. The standard InChI is InChI=1S/C13H21F3N2O/c14-13(15,16)10-5-3-9(4-6-10)8-18-12(19)11-2-1-7-17-11/h9-11,17H,1-8H2,(H,18,19). The van der Waals surface area contributed by atoms with Crippen LogP contribution >= 0.6 is 0 Å². The van der Waals surface area contributed by atoms with Crippen LogP contribution < -0.4 is 10.6 Å². The minimum absolute atomic E-state index is 0.00422. The van der Waals surface area contributed by atoms with Crippen molar-refractivity contribution in [3.63, 3.8) is 0 Å². The van der Waals surface area contributed by atoms with E-state index >= 15 is 0 Å². The number of amides is 1. The highest BCUT2D eigenvalue weighted by Gasteiger charge is 2.41. The molecule has 0 bridgehead atoms. The molecule has 0 spiro atoms. The topological polar surface area (TPSA) is 41.1 Å². The van der Waals surface area contributed by atoms with Gasteiger partial charge in [0.25, 0.3) is 0 Å². The Morgan fingerprint density at radius 1 is 1.16 bits per heavy atom. The Morgan fingerprint density at radius 2 is 1.84 bits per heavy atom. The van der Waals surface area contributed by atoms with Crippen molar-refractivity contribution in [3.8, 4) is 0 Å². The van der Waals surface area contributed by atoms with Crippen LogP contribution in [0.5, 0.6) is 0 Å². The van der Waals surface area contributed by atoms with Crippen molar-refractivity contribution in [3.05, 3.63) is 0 Å². The van der Waals surface area contributed by atoms with Gasteiger partial charge in [-0.3, -0.25) is 4.79 Å². The van der Waals surface area contributed by atoms with Crippen molar-refractivity contribution >= 4 is 5.91 Å². The summed E-state index contributed by atoms with van der Waals surface area (Å²) in [6.07, 6.45) is -0.675. The summed E-state index contributed by atoms with van der Waals surface area (Å²) in [5, 5.41) is 5.98. The summed E-state index contributed by atoms with van der Waals surface area (Å²) >= 11 is 0. The molecule has 1 atom stereocenters. The van der Waals surface area contributed by atoms with Gasteiger partial charge in [-0.15, -0.1) is 0 Å². The lowest BCUT2D eigenvalue weighted by Crippen LogP contribution is -2.43. The maximum Gasteiger partial charge on any atom is 0.391 e. The van der Waals surface area contributed by atoms with Gasteiger partial charge in [0.1, 0.15) is 0 Å². The molecule has 2 N–H and O–H groups in total. The molecule has 110 valence electrons. The molecule has 1 aliphatic carbocycles. The van der Waals surface area contributed by atoms with E-state index in [0.29, 0.717) is 19.4 Å². The average molecular weight is 278 g/mol. The van der Waals surface area contributed by atoms with Gasteiger partial charge in [-0.25, -0.2) is 0 Å². The molecule has 3 nitrogen and oxygen atoms in total. The summed E-state index contributed by atoms with van der Waals surface area (Å²) < 4.78 is 37.5. The van der Waals surface area contributed by atoms with Crippen LogP contribution in [0, 0.1) is 11.8 Å². The number of hydrogen-bond donors (Lipinski definition) is 2. The van der Waals surface area contributed by atoms with Crippen LogP contribution in [0.25, 0.3) is 0 Å². The third-order valence-corrected chi connectivity index (χ3v) is 4.25. The molecule has 1 unspecified atom stereocenters. The monoisotopic (exact) mass is 278 g/mol. The first-order chi connectivity index (χ1) is 8.97. The smallest absolute Gasteiger partial charge is 0.354 e. The Morgan fingerprint density at radius 3 is 2.37 bits per heavy atom. The second kappa shape index (κ2) is 6.11. The molecular weight excluding hydrogens is 257 g/mol. The highest BCUT2D eigenvalue weighted by Crippen LogP contribution is 2.39. The van der Waals surface area contributed by atoms with Crippen molar-refractivity contribution in [1.82, 2.24) is 10.6 Å². The number of nitrogens with one attached hydrogen (secondary N) is 2. The van der Waals surface area contributed by atoms with Crippen molar-refractivity contribution in [2.45, 2.75) is 50.7 Å². The van der Waals surface area contributed by atoms with Crippen molar-refractivity contribution in [2.24, 2.45) is 11.8 Å². The predicted molar refractivity (Wildman–Crippen MR) is 65.5 cm³/mol. The molecular formula is C13H21F3N2O. The third kappa shape index (κ3) is 4.09. The van der Waals surface area contributed by atoms with Crippen LogP contribution in [-0.4, -0.2) is 31.2 Å². The van der Waals surface area contributed by atoms with E-state index < -0.39 is 12.1 Å². The summed E-state index contributed by atoms with van der Waals surface area (Å²) in [7, 11) is 0. The van der Waals surface area contributed by atoms with E-state index in [-0.39, 0.29) is 30.7 Å². The van der Waals surface area contributed by atoms with Gasteiger partial charge in [0, 0.05) is 6.54 Å². The van der Waals surface area contributed by atoms with E-state index in [9.17, 15) is 18.0 Å². The lowest BCUT2D eigenvalue weighted by molar-refractivity contribution is -0.183. The predicted octanol–water partition coefficient (Wildman–Crippen LogP) is 2.22. The largest absolute Gasteiger partial charge is 0.391 e. The first-order valence-corrected chi connectivity index (χ1v) is 7.04. The molecule has 1 heterocycles. The number of rotatable bonds is 3. The minimum atomic E-state index is -4.05. The van der Waals surface area contributed by atoms with Crippen LogP contribution in [0.3, 0.4) is 0 Å². The molecule has 2 fully saturated rings. The van der Waals surface area contributed by atoms with Crippen LogP contribution in [0.15, 0.2) is 0 Å². The second-order valence-corrected chi connectivity index (χ2v) is 5.65. The fourth-order valence-electron chi connectivity index (χ4n) is 2.97. The highest BCUT2D eigenvalue weighted by atomic mass is 19.4. The molecule has 2 rings (SSSR count).